The molecule has 3 N–H and O–H groups in total. The highest BCUT2D eigenvalue weighted by molar-refractivity contribution is 5.29. The second kappa shape index (κ2) is 6.24. The molecule has 0 saturated carbocycles. The van der Waals surface area contributed by atoms with Crippen molar-refractivity contribution < 1.29 is 9.13 Å². The molecule has 0 radical (unpaired) electrons. The normalized spacial score (nSPS) is 18.8. The van der Waals surface area contributed by atoms with Gasteiger partial charge in [-0.15, -0.1) is 0 Å². The Kier molecular flexibility index (Phi) is 4.66. The fourth-order valence-electron chi connectivity index (χ4n) is 2.15. The van der Waals surface area contributed by atoms with Gasteiger partial charge < -0.3 is 10.5 Å². The van der Waals surface area contributed by atoms with Crippen molar-refractivity contribution in [3.05, 3.63) is 35.1 Å². The Bertz CT molecular complexity index is 394. The van der Waals surface area contributed by atoms with E-state index in [1.54, 1.807) is 12.1 Å². The lowest BCUT2D eigenvalue weighted by atomic mass is 10.0. The molecular weight excluding hydrogens is 233 g/mol. The Balaban J connectivity index is 2.09. The van der Waals surface area contributed by atoms with Crippen LogP contribution in [0.25, 0.3) is 0 Å². The Morgan fingerprint density at radius 2 is 2.17 bits per heavy atom. The highest BCUT2D eigenvalue weighted by Crippen LogP contribution is 2.18. The maximum absolute atomic E-state index is 13.3. The van der Waals surface area contributed by atoms with Gasteiger partial charge in [0, 0.05) is 19.6 Å². The highest BCUT2D eigenvalue weighted by Gasteiger charge is 2.18. The maximum Gasteiger partial charge on any atom is 0.123 e. The van der Waals surface area contributed by atoms with Crippen LogP contribution in [0.2, 0.25) is 0 Å². The third kappa shape index (κ3) is 3.26. The van der Waals surface area contributed by atoms with Crippen molar-refractivity contribution >= 4 is 0 Å². The van der Waals surface area contributed by atoms with Crippen LogP contribution in [-0.2, 0) is 4.74 Å². The van der Waals surface area contributed by atoms with Crippen molar-refractivity contribution in [2.75, 3.05) is 32.8 Å². The van der Waals surface area contributed by atoms with Gasteiger partial charge in [-0.25, -0.2) is 14.8 Å². The summed E-state index contributed by atoms with van der Waals surface area (Å²) in [4.78, 5) is 0. The van der Waals surface area contributed by atoms with E-state index in [0.717, 1.165) is 24.2 Å². The van der Waals surface area contributed by atoms with Crippen LogP contribution < -0.4 is 11.2 Å². The standard InChI is InChI=1S/C13H20FN3O/c1-10-2-3-11(14)8-12(10)13(9-15)16-17-4-6-18-7-5-17/h2-3,8,13,16H,4-7,9,15H2,1H3. The largest absolute Gasteiger partial charge is 0.379 e. The van der Waals surface area contributed by atoms with E-state index < -0.39 is 0 Å². The number of benzene rings is 1. The van der Waals surface area contributed by atoms with E-state index >= 15 is 0 Å². The smallest absolute Gasteiger partial charge is 0.123 e. The maximum atomic E-state index is 13.3. The molecule has 0 bridgehead atoms. The number of nitrogens with one attached hydrogen (secondary N) is 1. The minimum absolute atomic E-state index is 0.0567. The van der Waals surface area contributed by atoms with E-state index in [-0.39, 0.29) is 11.9 Å². The monoisotopic (exact) mass is 253 g/mol. The van der Waals surface area contributed by atoms with Gasteiger partial charge >= 0.3 is 0 Å². The van der Waals surface area contributed by atoms with Crippen LogP contribution in [-0.4, -0.2) is 37.9 Å². The van der Waals surface area contributed by atoms with Crippen LogP contribution in [0.1, 0.15) is 17.2 Å². The number of aryl methyl sites for hydroxylation is 1. The minimum atomic E-state index is -0.224. The Labute approximate surface area is 107 Å². The molecule has 1 heterocycles. The van der Waals surface area contributed by atoms with Crippen molar-refractivity contribution in [3.63, 3.8) is 0 Å². The first-order valence-corrected chi connectivity index (χ1v) is 6.25. The first-order valence-electron chi connectivity index (χ1n) is 6.25. The van der Waals surface area contributed by atoms with E-state index in [1.807, 2.05) is 6.92 Å². The number of hydrogen-bond donors (Lipinski definition) is 2. The minimum Gasteiger partial charge on any atom is -0.379 e. The average Bonchev–Trinajstić information content (AvgIpc) is 2.40. The van der Waals surface area contributed by atoms with Crippen molar-refractivity contribution in [1.82, 2.24) is 10.4 Å². The molecule has 5 heteroatoms. The van der Waals surface area contributed by atoms with Crippen molar-refractivity contribution in [2.24, 2.45) is 5.73 Å². The second-order valence-corrected chi connectivity index (χ2v) is 4.52. The average molecular weight is 253 g/mol. The summed E-state index contributed by atoms with van der Waals surface area (Å²) in [5.74, 6) is -0.224. The topological polar surface area (TPSA) is 50.5 Å². The third-order valence-corrected chi connectivity index (χ3v) is 3.20. The summed E-state index contributed by atoms with van der Waals surface area (Å²) in [5, 5.41) is 2.09. The lowest BCUT2D eigenvalue weighted by molar-refractivity contribution is 0.00398. The van der Waals surface area contributed by atoms with Crippen LogP contribution >= 0.6 is 0 Å². The molecule has 1 aliphatic rings. The second-order valence-electron chi connectivity index (χ2n) is 4.52. The summed E-state index contributed by atoms with van der Waals surface area (Å²) in [7, 11) is 0. The summed E-state index contributed by atoms with van der Waals surface area (Å²) in [6.07, 6.45) is 0. The zero-order valence-electron chi connectivity index (χ0n) is 10.7. The number of hydrogen-bond acceptors (Lipinski definition) is 4. The fraction of sp³-hybridized carbons (Fsp3) is 0.538. The number of ether oxygens (including phenoxy) is 1. The Hall–Kier alpha value is -1.01. The predicted molar refractivity (Wildman–Crippen MR) is 68.5 cm³/mol. The molecule has 1 aromatic rings. The molecule has 0 aromatic heterocycles. The number of hydrazine groups is 1. The van der Waals surface area contributed by atoms with Gasteiger partial charge in [0.25, 0.3) is 0 Å². The summed E-state index contributed by atoms with van der Waals surface area (Å²) >= 11 is 0. The van der Waals surface area contributed by atoms with Gasteiger partial charge in [0.15, 0.2) is 0 Å². The number of morpholine rings is 1. The molecule has 100 valence electrons. The first-order chi connectivity index (χ1) is 8.70. The molecule has 2 rings (SSSR count). The van der Waals surface area contributed by atoms with E-state index in [0.29, 0.717) is 19.8 Å². The molecule has 1 unspecified atom stereocenters. The Morgan fingerprint density at radius 3 is 2.83 bits per heavy atom. The summed E-state index contributed by atoms with van der Waals surface area (Å²) < 4.78 is 18.6. The third-order valence-electron chi connectivity index (χ3n) is 3.20. The summed E-state index contributed by atoms with van der Waals surface area (Å²) in [6.45, 7) is 5.48. The van der Waals surface area contributed by atoms with Crippen molar-refractivity contribution in [2.45, 2.75) is 13.0 Å². The van der Waals surface area contributed by atoms with Crippen LogP contribution in [0, 0.1) is 12.7 Å². The van der Waals surface area contributed by atoms with Gasteiger partial charge in [0.1, 0.15) is 5.82 Å². The number of nitrogens with two attached hydrogens (primary N) is 1. The number of nitrogens with zero attached hydrogens (tertiary/aromatic N) is 1. The van der Waals surface area contributed by atoms with Gasteiger partial charge in [0.2, 0.25) is 0 Å². The van der Waals surface area contributed by atoms with Crippen LogP contribution in [0.3, 0.4) is 0 Å². The van der Waals surface area contributed by atoms with Gasteiger partial charge in [-0.3, -0.25) is 0 Å². The van der Waals surface area contributed by atoms with Gasteiger partial charge in [-0.2, -0.15) is 0 Å². The lowest BCUT2D eigenvalue weighted by Crippen LogP contribution is -2.48. The quantitative estimate of drug-likeness (QED) is 0.839. The fourth-order valence-corrected chi connectivity index (χ4v) is 2.15. The summed E-state index contributed by atoms with van der Waals surface area (Å²) in [6, 6.07) is 4.76. The highest BCUT2D eigenvalue weighted by atomic mass is 19.1. The molecule has 1 aromatic carbocycles. The van der Waals surface area contributed by atoms with Crippen molar-refractivity contribution in [3.8, 4) is 0 Å². The molecule has 0 spiro atoms. The summed E-state index contributed by atoms with van der Waals surface area (Å²) in [5.41, 5.74) is 11.1. The lowest BCUT2D eigenvalue weighted by Gasteiger charge is -2.32. The zero-order chi connectivity index (χ0) is 13.0. The van der Waals surface area contributed by atoms with E-state index in [4.69, 9.17) is 10.5 Å². The van der Waals surface area contributed by atoms with E-state index in [1.165, 1.54) is 6.07 Å². The molecule has 0 aliphatic carbocycles. The molecule has 0 amide bonds. The van der Waals surface area contributed by atoms with E-state index in [2.05, 4.69) is 10.4 Å². The van der Waals surface area contributed by atoms with Crippen molar-refractivity contribution in [1.29, 1.82) is 0 Å². The first kappa shape index (κ1) is 13.4. The molecule has 1 aliphatic heterocycles. The molecule has 1 atom stereocenters. The number of rotatable bonds is 4. The van der Waals surface area contributed by atoms with Gasteiger partial charge in [-0.05, 0) is 30.2 Å². The molecule has 18 heavy (non-hydrogen) atoms. The Morgan fingerprint density at radius 1 is 1.44 bits per heavy atom. The van der Waals surface area contributed by atoms with Crippen LogP contribution in [0.4, 0.5) is 4.39 Å². The molecular formula is C13H20FN3O. The molecule has 4 nitrogen and oxygen atoms in total. The molecule has 1 fully saturated rings. The number of halogens is 1. The van der Waals surface area contributed by atoms with Crippen LogP contribution in [0.5, 0.6) is 0 Å². The van der Waals surface area contributed by atoms with Gasteiger partial charge in [-0.1, -0.05) is 6.07 Å². The zero-order valence-corrected chi connectivity index (χ0v) is 10.7. The molecule has 1 saturated heterocycles. The van der Waals surface area contributed by atoms with Gasteiger partial charge in [0.05, 0.1) is 19.3 Å². The van der Waals surface area contributed by atoms with E-state index in [9.17, 15) is 4.39 Å². The SMILES string of the molecule is Cc1ccc(F)cc1C(CN)NN1CCOCC1. The van der Waals surface area contributed by atoms with Crippen LogP contribution in [0.15, 0.2) is 18.2 Å². The predicted octanol–water partition coefficient (Wildman–Crippen LogP) is 0.971.